The van der Waals surface area contributed by atoms with E-state index in [2.05, 4.69) is 5.92 Å². The molecule has 0 spiro atoms. The molecular weight excluding hydrogens is 132 g/mol. The molecule has 0 atom stereocenters. The summed E-state index contributed by atoms with van der Waals surface area (Å²) in [5.41, 5.74) is 2.19. The van der Waals surface area contributed by atoms with Crippen molar-refractivity contribution in [1.29, 1.82) is 0 Å². The normalized spacial score (nSPS) is 6.91. The Balaban J connectivity index is 0. The van der Waals surface area contributed by atoms with Crippen molar-refractivity contribution in [1.82, 2.24) is 0 Å². The third kappa shape index (κ3) is 3.47. The largest absolute Gasteiger partial charge is 0.115 e. The smallest absolute Gasteiger partial charge is 0.0242 e. The molecule has 0 heteroatoms. The van der Waals surface area contributed by atoms with Crippen molar-refractivity contribution in [2.24, 2.45) is 0 Å². The van der Waals surface area contributed by atoms with Crippen molar-refractivity contribution in [3.05, 3.63) is 35.4 Å². The van der Waals surface area contributed by atoms with Gasteiger partial charge in [-0.25, -0.2) is 0 Å². The van der Waals surface area contributed by atoms with Gasteiger partial charge >= 0.3 is 0 Å². The lowest BCUT2D eigenvalue weighted by Crippen LogP contribution is -1.72. The molecule has 1 aromatic rings. The monoisotopic (exact) mass is 148 g/mol. The van der Waals surface area contributed by atoms with Crippen LogP contribution in [0.1, 0.15) is 26.0 Å². The van der Waals surface area contributed by atoms with Gasteiger partial charge in [0.1, 0.15) is 0 Å². The van der Waals surface area contributed by atoms with Crippen molar-refractivity contribution in [2.45, 2.75) is 21.8 Å². The van der Waals surface area contributed by atoms with Gasteiger partial charge in [-0.15, -0.1) is 6.42 Å². The van der Waals surface area contributed by atoms with Crippen LogP contribution in [-0.2, 0) is 0 Å². The molecule has 0 radical (unpaired) electrons. The topological polar surface area (TPSA) is 0 Å². The van der Waals surface area contributed by atoms with Crippen molar-refractivity contribution < 1.29 is 0 Å². The Hall–Kier alpha value is -1.22. The van der Waals surface area contributed by atoms with Crippen molar-refractivity contribution in [3.63, 3.8) is 0 Å². The molecule has 1 rings (SSSR count). The standard InChI is InChI=1S/C9H8.2CH4/c1-3-9-6-4-8(2)5-7-9;;/h1,4-7H,2H3;2*1H4. The zero-order chi connectivity index (χ0) is 6.69. The molecule has 0 aliphatic carbocycles. The summed E-state index contributed by atoms with van der Waals surface area (Å²) in [6.45, 7) is 2.04. The minimum atomic E-state index is 0. The molecule has 0 aliphatic heterocycles. The Kier molecular flexibility index (Phi) is 6.29. The average Bonchev–Trinajstić information content (AvgIpc) is 1.90. The van der Waals surface area contributed by atoms with E-state index in [9.17, 15) is 0 Å². The highest BCUT2D eigenvalue weighted by molar-refractivity contribution is 5.33. The first-order chi connectivity index (χ1) is 4.33. The van der Waals surface area contributed by atoms with Crippen LogP contribution in [0.25, 0.3) is 0 Å². The van der Waals surface area contributed by atoms with Gasteiger partial charge in [-0.2, -0.15) is 0 Å². The van der Waals surface area contributed by atoms with E-state index in [0.717, 1.165) is 5.56 Å². The molecule has 0 aromatic heterocycles. The number of hydrogen-bond acceptors (Lipinski definition) is 0. The molecule has 0 N–H and O–H groups in total. The van der Waals surface area contributed by atoms with Crippen LogP contribution >= 0.6 is 0 Å². The summed E-state index contributed by atoms with van der Waals surface area (Å²) in [5, 5.41) is 0. The zero-order valence-corrected chi connectivity index (χ0v) is 5.39. The van der Waals surface area contributed by atoms with E-state index in [1.807, 2.05) is 31.2 Å². The lowest BCUT2D eigenvalue weighted by molar-refractivity contribution is 1.46. The van der Waals surface area contributed by atoms with Crippen LogP contribution in [0.2, 0.25) is 0 Å². The predicted molar refractivity (Wildman–Crippen MR) is 52.6 cm³/mol. The zero-order valence-electron chi connectivity index (χ0n) is 5.39. The fourth-order valence-corrected chi connectivity index (χ4v) is 0.650. The quantitative estimate of drug-likeness (QED) is 0.495. The van der Waals surface area contributed by atoms with E-state index in [4.69, 9.17) is 6.42 Å². The van der Waals surface area contributed by atoms with Crippen molar-refractivity contribution in [2.75, 3.05) is 0 Å². The van der Waals surface area contributed by atoms with Gasteiger partial charge < -0.3 is 0 Å². The molecule has 0 unspecified atom stereocenters. The fraction of sp³-hybridized carbons (Fsp3) is 0.273. The highest BCUT2D eigenvalue weighted by Gasteiger charge is 1.82. The van der Waals surface area contributed by atoms with Crippen LogP contribution in [0, 0.1) is 19.3 Å². The Bertz CT molecular complexity index is 223. The summed E-state index contributed by atoms with van der Waals surface area (Å²) in [4.78, 5) is 0. The Morgan fingerprint density at radius 3 is 1.91 bits per heavy atom. The van der Waals surface area contributed by atoms with E-state index in [0.29, 0.717) is 0 Å². The van der Waals surface area contributed by atoms with Gasteiger partial charge in [0.05, 0.1) is 0 Å². The second kappa shape index (κ2) is 5.56. The SMILES string of the molecule is C.C.C#Cc1ccc(C)cc1. The van der Waals surface area contributed by atoms with Crippen LogP contribution in [0.4, 0.5) is 0 Å². The summed E-state index contributed by atoms with van der Waals surface area (Å²) in [7, 11) is 0. The lowest BCUT2D eigenvalue weighted by atomic mass is 10.2. The van der Waals surface area contributed by atoms with Gasteiger partial charge in [0.15, 0.2) is 0 Å². The molecule has 0 saturated carbocycles. The van der Waals surface area contributed by atoms with E-state index in [1.165, 1.54) is 5.56 Å². The first-order valence-electron chi connectivity index (χ1n) is 2.86. The molecule has 0 aliphatic rings. The average molecular weight is 148 g/mol. The fourth-order valence-electron chi connectivity index (χ4n) is 0.650. The third-order valence-corrected chi connectivity index (χ3v) is 1.22. The van der Waals surface area contributed by atoms with E-state index in [-0.39, 0.29) is 14.9 Å². The Labute approximate surface area is 70.3 Å². The summed E-state index contributed by atoms with van der Waals surface area (Å²) in [6.07, 6.45) is 5.15. The van der Waals surface area contributed by atoms with Gasteiger partial charge in [0.2, 0.25) is 0 Å². The highest BCUT2D eigenvalue weighted by atomic mass is 13.9. The summed E-state index contributed by atoms with van der Waals surface area (Å²) in [6, 6.07) is 7.90. The third-order valence-electron chi connectivity index (χ3n) is 1.22. The molecular formula is C11H16. The highest BCUT2D eigenvalue weighted by Crippen LogP contribution is 1.99. The number of rotatable bonds is 0. The maximum absolute atomic E-state index is 5.15. The Morgan fingerprint density at radius 1 is 1.09 bits per heavy atom. The molecule has 0 fully saturated rings. The molecule has 0 saturated heterocycles. The van der Waals surface area contributed by atoms with E-state index < -0.39 is 0 Å². The molecule has 60 valence electrons. The van der Waals surface area contributed by atoms with Gasteiger partial charge in [-0.1, -0.05) is 38.5 Å². The number of hydrogen-bond donors (Lipinski definition) is 0. The van der Waals surface area contributed by atoms with Gasteiger partial charge in [0.25, 0.3) is 0 Å². The Morgan fingerprint density at radius 2 is 1.55 bits per heavy atom. The van der Waals surface area contributed by atoms with Gasteiger partial charge in [-0.05, 0) is 19.1 Å². The predicted octanol–water partition coefficient (Wildman–Crippen LogP) is 3.25. The van der Waals surface area contributed by atoms with Gasteiger partial charge in [0, 0.05) is 5.56 Å². The number of terminal acetylenes is 1. The van der Waals surface area contributed by atoms with Crippen molar-refractivity contribution in [3.8, 4) is 12.3 Å². The van der Waals surface area contributed by atoms with Crippen LogP contribution < -0.4 is 0 Å². The molecule has 0 heterocycles. The number of benzene rings is 1. The molecule has 0 nitrogen and oxygen atoms in total. The molecule has 11 heavy (non-hydrogen) atoms. The second-order valence-electron chi connectivity index (χ2n) is 2.01. The minimum Gasteiger partial charge on any atom is -0.115 e. The minimum absolute atomic E-state index is 0. The van der Waals surface area contributed by atoms with E-state index >= 15 is 0 Å². The van der Waals surface area contributed by atoms with Gasteiger partial charge in [-0.3, -0.25) is 0 Å². The van der Waals surface area contributed by atoms with Crippen LogP contribution in [0.15, 0.2) is 24.3 Å². The molecule has 0 bridgehead atoms. The molecule has 0 amide bonds. The van der Waals surface area contributed by atoms with Crippen LogP contribution in [0.5, 0.6) is 0 Å². The van der Waals surface area contributed by atoms with Crippen LogP contribution in [0.3, 0.4) is 0 Å². The summed E-state index contributed by atoms with van der Waals surface area (Å²) < 4.78 is 0. The second-order valence-corrected chi connectivity index (χ2v) is 2.01. The number of aryl methyl sites for hydroxylation is 1. The first kappa shape index (κ1) is 12.5. The van der Waals surface area contributed by atoms with E-state index in [1.54, 1.807) is 0 Å². The van der Waals surface area contributed by atoms with Crippen LogP contribution in [-0.4, -0.2) is 0 Å². The van der Waals surface area contributed by atoms with Crippen molar-refractivity contribution >= 4 is 0 Å². The first-order valence-corrected chi connectivity index (χ1v) is 2.86. The maximum Gasteiger partial charge on any atom is 0.0242 e. The maximum atomic E-state index is 5.15. The summed E-state index contributed by atoms with van der Waals surface area (Å²) >= 11 is 0. The summed E-state index contributed by atoms with van der Waals surface area (Å²) in [5.74, 6) is 2.55. The molecule has 1 aromatic carbocycles. The lowest BCUT2D eigenvalue weighted by Gasteiger charge is -1.89.